The van der Waals surface area contributed by atoms with Crippen molar-refractivity contribution in [2.24, 2.45) is 0 Å². The van der Waals surface area contributed by atoms with Crippen molar-refractivity contribution in [1.82, 2.24) is 9.80 Å². The number of ether oxygens (including phenoxy) is 2. The summed E-state index contributed by atoms with van der Waals surface area (Å²) in [5.41, 5.74) is 0.318. The molecule has 9 heteroatoms. The summed E-state index contributed by atoms with van der Waals surface area (Å²) in [5, 5.41) is 0. The topological polar surface area (TPSA) is 79.4 Å². The van der Waals surface area contributed by atoms with E-state index in [1.807, 2.05) is 7.05 Å². The molecule has 3 rings (SSSR count). The SMILES string of the molecule is COc1ccc(S(=O)(=O)N(CC(=O)N2CCN(C)CC2)c2ccccc2OC)cc1. The van der Waals surface area contributed by atoms with E-state index < -0.39 is 10.0 Å². The summed E-state index contributed by atoms with van der Waals surface area (Å²) in [5.74, 6) is 0.679. The van der Waals surface area contributed by atoms with Crippen LogP contribution in [0.25, 0.3) is 0 Å². The molecule has 1 aliphatic rings. The second kappa shape index (κ2) is 9.36. The van der Waals surface area contributed by atoms with Crippen LogP contribution in [0.4, 0.5) is 5.69 Å². The lowest BCUT2D eigenvalue weighted by atomic mass is 10.3. The molecule has 1 saturated heterocycles. The highest BCUT2D eigenvalue weighted by Crippen LogP contribution is 2.32. The highest BCUT2D eigenvalue weighted by Gasteiger charge is 2.31. The van der Waals surface area contributed by atoms with E-state index in [-0.39, 0.29) is 17.3 Å². The van der Waals surface area contributed by atoms with Gasteiger partial charge in [0, 0.05) is 26.2 Å². The Bertz CT molecular complexity index is 970. The third-order valence-corrected chi connectivity index (χ3v) is 6.91. The Morgan fingerprint density at radius 1 is 0.967 bits per heavy atom. The molecule has 1 aliphatic heterocycles. The summed E-state index contributed by atoms with van der Waals surface area (Å²) in [6.45, 7) is 2.34. The molecule has 0 aromatic heterocycles. The summed E-state index contributed by atoms with van der Waals surface area (Å²) >= 11 is 0. The third kappa shape index (κ3) is 4.68. The van der Waals surface area contributed by atoms with E-state index in [9.17, 15) is 13.2 Å². The van der Waals surface area contributed by atoms with E-state index in [1.54, 1.807) is 41.3 Å². The van der Waals surface area contributed by atoms with Crippen LogP contribution < -0.4 is 13.8 Å². The number of nitrogens with zero attached hydrogens (tertiary/aromatic N) is 3. The summed E-state index contributed by atoms with van der Waals surface area (Å²) in [6.07, 6.45) is 0. The molecular formula is C21H27N3O5S. The zero-order valence-electron chi connectivity index (χ0n) is 17.4. The lowest BCUT2D eigenvalue weighted by molar-refractivity contribution is -0.131. The van der Waals surface area contributed by atoms with E-state index >= 15 is 0 Å². The number of hydrogen-bond acceptors (Lipinski definition) is 6. The Morgan fingerprint density at radius 2 is 1.60 bits per heavy atom. The van der Waals surface area contributed by atoms with Crippen LogP contribution >= 0.6 is 0 Å². The number of rotatable bonds is 7. The van der Waals surface area contributed by atoms with Gasteiger partial charge in [0.15, 0.2) is 0 Å². The molecule has 0 radical (unpaired) electrons. The minimum absolute atomic E-state index is 0.0698. The molecule has 2 aromatic carbocycles. The monoisotopic (exact) mass is 433 g/mol. The maximum Gasteiger partial charge on any atom is 0.264 e. The van der Waals surface area contributed by atoms with Crippen molar-refractivity contribution in [2.45, 2.75) is 4.90 Å². The van der Waals surface area contributed by atoms with E-state index in [1.165, 1.54) is 26.4 Å². The van der Waals surface area contributed by atoms with Gasteiger partial charge in [-0.3, -0.25) is 9.10 Å². The molecule has 162 valence electrons. The Kier molecular flexibility index (Phi) is 6.84. The molecule has 2 aromatic rings. The van der Waals surface area contributed by atoms with Crippen molar-refractivity contribution in [3.8, 4) is 11.5 Å². The smallest absolute Gasteiger partial charge is 0.264 e. The summed E-state index contributed by atoms with van der Waals surface area (Å²) in [7, 11) is 0.966. The largest absolute Gasteiger partial charge is 0.497 e. The number of piperazine rings is 1. The minimum Gasteiger partial charge on any atom is -0.497 e. The molecule has 0 atom stereocenters. The van der Waals surface area contributed by atoms with E-state index in [0.717, 1.165) is 17.4 Å². The number of likely N-dealkylation sites (N-methyl/N-ethyl adjacent to an activating group) is 1. The fourth-order valence-electron chi connectivity index (χ4n) is 3.29. The Hall–Kier alpha value is -2.78. The van der Waals surface area contributed by atoms with Crippen LogP contribution in [0.5, 0.6) is 11.5 Å². The van der Waals surface area contributed by atoms with Crippen LogP contribution in [0.15, 0.2) is 53.4 Å². The van der Waals surface area contributed by atoms with Crippen LogP contribution in [0.1, 0.15) is 0 Å². The molecule has 0 saturated carbocycles. The van der Waals surface area contributed by atoms with E-state index in [0.29, 0.717) is 30.3 Å². The first-order valence-electron chi connectivity index (χ1n) is 9.63. The maximum atomic E-state index is 13.5. The average Bonchev–Trinajstić information content (AvgIpc) is 2.77. The van der Waals surface area contributed by atoms with Gasteiger partial charge in [-0.05, 0) is 43.4 Å². The fourth-order valence-corrected chi connectivity index (χ4v) is 4.71. The zero-order chi connectivity index (χ0) is 21.7. The van der Waals surface area contributed by atoms with Crippen LogP contribution in [0, 0.1) is 0 Å². The highest BCUT2D eigenvalue weighted by molar-refractivity contribution is 7.92. The molecule has 0 spiro atoms. The zero-order valence-corrected chi connectivity index (χ0v) is 18.3. The van der Waals surface area contributed by atoms with Crippen LogP contribution in [-0.4, -0.2) is 78.1 Å². The van der Waals surface area contributed by atoms with Crippen LogP contribution in [0.2, 0.25) is 0 Å². The van der Waals surface area contributed by atoms with Crippen LogP contribution in [0.3, 0.4) is 0 Å². The van der Waals surface area contributed by atoms with E-state index in [2.05, 4.69) is 4.90 Å². The third-order valence-electron chi connectivity index (χ3n) is 5.14. The predicted octanol–water partition coefficient (Wildman–Crippen LogP) is 1.67. The fraction of sp³-hybridized carbons (Fsp3) is 0.381. The Balaban J connectivity index is 1.97. The molecule has 0 unspecified atom stereocenters. The van der Waals surface area contributed by atoms with Gasteiger partial charge in [-0.2, -0.15) is 0 Å². The molecule has 0 N–H and O–H groups in total. The van der Waals surface area contributed by atoms with Crippen molar-refractivity contribution in [3.63, 3.8) is 0 Å². The Labute approximate surface area is 177 Å². The van der Waals surface area contributed by atoms with Crippen molar-refractivity contribution in [3.05, 3.63) is 48.5 Å². The van der Waals surface area contributed by atoms with Gasteiger partial charge in [0.1, 0.15) is 18.0 Å². The number of carbonyl (C=O) groups is 1. The molecule has 1 amide bonds. The second-order valence-corrected chi connectivity index (χ2v) is 8.91. The number of sulfonamides is 1. The maximum absolute atomic E-state index is 13.5. The quantitative estimate of drug-likeness (QED) is 0.661. The van der Waals surface area contributed by atoms with E-state index in [4.69, 9.17) is 9.47 Å². The van der Waals surface area contributed by atoms with Gasteiger partial charge in [0.05, 0.1) is 24.8 Å². The van der Waals surface area contributed by atoms with Gasteiger partial charge < -0.3 is 19.3 Å². The summed E-state index contributed by atoms with van der Waals surface area (Å²) in [4.78, 5) is 16.9. The first-order valence-corrected chi connectivity index (χ1v) is 11.1. The number of carbonyl (C=O) groups excluding carboxylic acids is 1. The van der Waals surface area contributed by atoms with Gasteiger partial charge in [0.25, 0.3) is 10.0 Å². The predicted molar refractivity (Wildman–Crippen MR) is 115 cm³/mol. The van der Waals surface area contributed by atoms with Crippen molar-refractivity contribution >= 4 is 21.6 Å². The van der Waals surface area contributed by atoms with Crippen molar-refractivity contribution in [1.29, 1.82) is 0 Å². The molecule has 0 aliphatic carbocycles. The molecule has 30 heavy (non-hydrogen) atoms. The van der Waals surface area contributed by atoms with Crippen LogP contribution in [-0.2, 0) is 14.8 Å². The molecule has 1 fully saturated rings. The minimum atomic E-state index is -4.02. The number of methoxy groups -OCH3 is 2. The number of anilines is 1. The standard InChI is InChI=1S/C21H27N3O5S/c1-22-12-14-23(15-13-22)21(25)16-24(19-6-4-5-7-20(19)29-3)30(26,27)18-10-8-17(28-2)9-11-18/h4-11H,12-16H2,1-3H3. The number of amides is 1. The number of para-hydroxylation sites is 2. The Morgan fingerprint density at radius 3 is 2.20 bits per heavy atom. The molecule has 1 heterocycles. The lowest BCUT2D eigenvalue weighted by Crippen LogP contribution is -2.50. The second-order valence-electron chi connectivity index (χ2n) is 7.04. The lowest BCUT2D eigenvalue weighted by Gasteiger charge is -2.34. The normalized spacial score (nSPS) is 15.0. The molecular weight excluding hydrogens is 406 g/mol. The summed E-state index contributed by atoms with van der Waals surface area (Å²) < 4.78 is 38.7. The van der Waals surface area contributed by atoms with Gasteiger partial charge in [-0.1, -0.05) is 12.1 Å². The molecule has 0 bridgehead atoms. The van der Waals surface area contributed by atoms with Gasteiger partial charge in [0.2, 0.25) is 5.91 Å². The van der Waals surface area contributed by atoms with Gasteiger partial charge >= 0.3 is 0 Å². The number of hydrogen-bond donors (Lipinski definition) is 0. The van der Waals surface area contributed by atoms with Gasteiger partial charge in [-0.25, -0.2) is 8.42 Å². The average molecular weight is 434 g/mol. The highest BCUT2D eigenvalue weighted by atomic mass is 32.2. The van der Waals surface area contributed by atoms with Crippen molar-refractivity contribution < 1.29 is 22.7 Å². The van der Waals surface area contributed by atoms with Gasteiger partial charge in [-0.15, -0.1) is 0 Å². The summed E-state index contributed by atoms with van der Waals surface area (Å²) in [6, 6.07) is 12.9. The first-order chi connectivity index (χ1) is 14.4. The van der Waals surface area contributed by atoms with Crippen molar-refractivity contribution in [2.75, 3.05) is 58.3 Å². The number of benzene rings is 2. The molecule has 8 nitrogen and oxygen atoms in total. The first kappa shape index (κ1) is 21.9.